The molecule has 0 radical (unpaired) electrons. The van der Waals surface area contributed by atoms with Gasteiger partial charge in [0.2, 0.25) is 0 Å². The standard InChI is InChI=1S/C14H20F3N3/c1-11(18)13(14(15,16)17)20-9-7-19(8-10-20)12-5-3-2-4-6-12/h2-6,11,13H,7-10,18H2,1H3. The van der Waals surface area contributed by atoms with Gasteiger partial charge in [-0.05, 0) is 19.1 Å². The highest BCUT2D eigenvalue weighted by Crippen LogP contribution is 2.28. The quantitative estimate of drug-likeness (QED) is 0.924. The van der Waals surface area contributed by atoms with Crippen molar-refractivity contribution in [2.24, 2.45) is 5.73 Å². The normalized spacial score (nSPS) is 20.8. The van der Waals surface area contributed by atoms with Crippen molar-refractivity contribution in [3.8, 4) is 0 Å². The summed E-state index contributed by atoms with van der Waals surface area (Å²) in [6.07, 6.45) is -4.27. The predicted octanol–water partition coefficient (Wildman–Crippen LogP) is 2.09. The molecule has 0 amide bonds. The molecular weight excluding hydrogens is 267 g/mol. The topological polar surface area (TPSA) is 32.5 Å². The van der Waals surface area contributed by atoms with Crippen LogP contribution < -0.4 is 10.6 Å². The van der Waals surface area contributed by atoms with Crippen LogP contribution in [0.15, 0.2) is 30.3 Å². The maximum absolute atomic E-state index is 13.0. The number of para-hydroxylation sites is 1. The Bertz CT molecular complexity index is 411. The van der Waals surface area contributed by atoms with E-state index in [0.29, 0.717) is 26.2 Å². The van der Waals surface area contributed by atoms with Crippen molar-refractivity contribution in [2.45, 2.75) is 25.2 Å². The van der Waals surface area contributed by atoms with Crippen molar-refractivity contribution in [1.82, 2.24) is 4.90 Å². The van der Waals surface area contributed by atoms with Gasteiger partial charge in [0.15, 0.2) is 0 Å². The molecule has 3 nitrogen and oxygen atoms in total. The molecule has 1 aliphatic rings. The Hall–Kier alpha value is -1.27. The molecule has 0 saturated carbocycles. The molecule has 0 aromatic heterocycles. The smallest absolute Gasteiger partial charge is 0.369 e. The van der Waals surface area contributed by atoms with Crippen LogP contribution in [0.1, 0.15) is 6.92 Å². The van der Waals surface area contributed by atoms with E-state index in [9.17, 15) is 13.2 Å². The van der Waals surface area contributed by atoms with E-state index in [2.05, 4.69) is 4.90 Å². The summed E-state index contributed by atoms with van der Waals surface area (Å²) in [5, 5.41) is 0. The number of hydrogen-bond donors (Lipinski definition) is 1. The third-order valence-electron chi connectivity index (χ3n) is 3.66. The highest BCUT2D eigenvalue weighted by Gasteiger charge is 2.46. The van der Waals surface area contributed by atoms with Crippen molar-refractivity contribution in [3.63, 3.8) is 0 Å². The summed E-state index contributed by atoms with van der Waals surface area (Å²) in [7, 11) is 0. The SMILES string of the molecule is CC(N)C(N1CCN(c2ccccc2)CC1)C(F)(F)F. The molecule has 1 aromatic carbocycles. The Morgan fingerprint density at radius 1 is 1.05 bits per heavy atom. The summed E-state index contributed by atoms with van der Waals surface area (Å²) >= 11 is 0. The molecule has 2 N–H and O–H groups in total. The molecule has 2 unspecified atom stereocenters. The largest absolute Gasteiger partial charge is 0.405 e. The van der Waals surface area contributed by atoms with E-state index in [4.69, 9.17) is 5.73 Å². The molecule has 1 saturated heterocycles. The average molecular weight is 287 g/mol. The highest BCUT2D eigenvalue weighted by atomic mass is 19.4. The first-order valence-corrected chi connectivity index (χ1v) is 6.76. The third-order valence-corrected chi connectivity index (χ3v) is 3.66. The van der Waals surface area contributed by atoms with Gasteiger partial charge >= 0.3 is 6.18 Å². The molecule has 1 heterocycles. The molecule has 112 valence electrons. The minimum absolute atomic E-state index is 0.376. The lowest BCUT2D eigenvalue weighted by molar-refractivity contribution is -0.188. The van der Waals surface area contributed by atoms with Crippen LogP contribution in [-0.2, 0) is 0 Å². The number of nitrogens with zero attached hydrogens (tertiary/aromatic N) is 2. The van der Waals surface area contributed by atoms with Crippen molar-refractivity contribution in [2.75, 3.05) is 31.1 Å². The van der Waals surface area contributed by atoms with E-state index < -0.39 is 18.3 Å². The zero-order valence-corrected chi connectivity index (χ0v) is 11.5. The average Bonchev–Trinajstić information content (AvgIpc) is 2.38. The van der Waals surface area contributed by atoms with Crippen LogP contribution in [0.4, 0.5) is 18.9 Å². The number of halogens is 3. The maximum atomic E-state index is 13.0. The second kappa shape index (κ2) is 6.01. The monoisotopic (exact) mass is 287 g/mol. The van der Waals surface area contributed by atoms with E-state index in [1.165, 1.54) is 11.8 Å². The number of anilines is 1. The first kappa shape index (κ1) is 15.1. The molecule has 0 aliphatic carbocycles. The Morgan fingerprint density at radius 2 is 1.60 bits per heavy atom. The Morgan fingerprint density at radius 3 is 2.05 bits per heavy atom. The summed E-state index contributed by atoms with van der Waals surface area (Å²) in [5.74, 6) is 0. The van der Waals surface area contributed by atoms with Gasteiger partial charge in [-0.3, -0.25) is 4.90 Å². The second-order valence-electron chi connectivity index (χ2n) is 5.20. The molecule has 20 heavy (non-hydrogen) atoms. The third kappa shape index (κ3) is 3.43. The number of benzene rings is 1. The zero-order chi connectivity index (χ0) is 14.8. The van der Waals surface area contributed by atoms with E-state index in [1.807, 2.05) is 30.3 Å². The number of hydrogen-bond acceptors (Lipinski definition) is 3. The summed E-state index contributed by atoms with van der Waals surface area (Å²) < 4.78 is 39.1. The van der Waals surface area contributed by atoms with Gasteiger partial charge in [0.1, 0.15) is 6.04 Å². The Kier molecular flexibility index (Phi) is 4.55. The number of piperazine rings is 1. The first-order valence-electron chi connectivity index (χ1n) is 6.76. The lowest BCUT2D eigenvalue weighted by Gasteiger charge is -2.42. The van der Waals surface area contributed by atoms with E-state index in [1.54, 1.807) is 0 Å². The van der Waals surface area contributed by atoms with Gasteiger partial charge in [-0.25, -0.2) is 0 Å². The molecule has 0 spiro atoms. The minimum Gasteiger partial charge on any atom is -0.369 e. The first-order chi connectivity index (χ1) is 9.39. The molecule has 6 heteroatoms. The Labute approximate surface area is 117 Å². The van der Waals surface area contributed by atoms with Crippen molar-refractivity contribution < 1.29 is 13.2 Å². The minimum atomic E-state index is -4.27. The van der Waals surface area contributed by atoms with Gasteiger partial charge in [-0.1, -0.05) is 18.2 Å². The van der Waals surface area contributed by atoms with Gasteiger partial charge in [0, 0.05) is 37.9 Å². The van der Waals surface area contributed by atoms with Crippen molar-refractivity contribution >= 4 is 5.69 Å². The van der Waals surface area contributed by atoms with Crippen LogP contribution in [0.3, 0.4) is 0 Å². The summed E-state index contributed by atoms with van der Waals surface area (Å²) in [6, 6.07) is 7.27. The van der Waals surface area contributed by atoms with Crippen LogP contribution in [0.5, 0.6) is 0 Å². The van der Waals surface area contributed by atoms with Crippen LogP contribution >= 0.6 is 0 Å². The number of alkyl halides is 3. The molecular formula is C14H20F3N3. The second-order valence-corrected chi connectivity index (χ2v) is 5.20. The van der Waals surface area contributed by atoms with Crippen LogP contribution in [0.2, 0.25) is 0 Å². The van der Waals surface area contributed by atoms with Gasteiger partial charge in [0.25, 0.3) is 0 Å². The van der Waals surface area contributed by atoms with Gasteiger partial charge < -0.3 is 10.6 Å². The molecule has 1 aliphatic heterocycles. The molecule has 0 bridgehead atoms. The lowest BCUT2D eigenvalue weighted by atomic mass is 10.1. The lowest BCUT2D eigenvalue weighted by Crippen LogP contribution is -2.60. The summed E-state index contributed by atoms with van der Waals surface area (Å²) in [4.78, 5) is 3.55. The van der Waals surface area contributed by atoms with E-state index in [0.717, 1.165) is 5.69 Å². The van der Waals surface area contributed by atoms with E-state index in [-0.39, 0.29) is 0 Å². The van der Waals surface area contributed by atoms with Crippen LogP contribution in [-0.4, -0.2) is 49.3 Å². The highest BCUT2D eigenvalue weighted by molar-refractivity contribution is 5.46. The molecule has 2 rings (SSSR count). The van der Waals surface area contributed by atoms with Crippen molar-refractivity contribution in [3.05, 3.63) is 30.3 Å². The fourth-order valence-electron chi connectivity index (χ4n) is 2.73. The van der Waals surface area contributed by atoms with Crippen molar-refractivity contribution in [1.29, 1.82) is 0 Å². The van der Waals surface area contributed by atoms with Gasteiger partial charge in [-0.15, -0.1) is 0 Å². The van der Waals surface area contributed by atoms with E-state index >= 15 is 0 Å². The van der Waals surface area contributed by atoms with Crippen LogP contribution in [0.25, 0.3) is 0 Å². The molecule has 1 aromatic rings. The maximum Gasteiger partial charge on any atom is 0.405 e. The Balaban J connectivity index is 2.00. The number of nitrogens with two attached hydrogens (primary N) is 1. The predicted molar refractivity (Wildman–Crippen MR) is 73.7 cm³/mol. The zero-order valence-electron chi connectivity index (χ0n) is 11.5. The summed E-state index contributed by atoms with van der Waals surface area (Å²) in [6.45, 7) is 3.34. The van der Waals surface area contributed by atoms with Crippen LogP contribution in [0, 0.1) is 0 Å². The molecule has 1 fully saturated rings. The summed E-state index contributed by atoms with van der Waals surface area (Å²) in [5.41, 5.74) is 6.58. The molecule has 2 atom stereocenters. The fourth-order valence-corrected chi connectivity index (χ4v) is 2.73. The number of rotatable bonds is 3. The van der Waals surface area contributed by atoms with Gasteiger partial charge in [-0.2, -0.15) is 13.2 Å². The van der Waals surface area contributed by atoms with Gasteiger partial charge in [0.05, 0.1) is 0 Å². The fraction of sp³-hybridized carbons (Fsp3) is 0.571.